The summed E-state index contributed by atoms with van der Waals surface area (Å²) in [4.78, 5) is 8.12. The Morgan fingerprint density at radius 3 is 2.91 bits per heavy atom. The molecule has 1 heterocycles. The van der Waals surface area contributed by atoms with E-state index < -0.39 is 0 Å². The van der Waals surface area contributed by atoms with Crippen molar-refractivity contribution in [1.29, 1.82) is 0 Å². The van der Waals surface area contributed by atoms with Gasteiger partial charge in [-0.1, -0.05) is 39.3 Å². The first-order valence-electron chi connectivity index (χ1n) is 2.89. The van der Waals surface area contributed by atoms with Crippen molar-refractivity contribution in [2.45, 2.75) is 10.5 Å². The second kappa shape index (κ2) is 4.28. The first kappa shape index (κ1) is 9.29. The van der Waals surface area contributed by atoms with E-state index in [4.69, 9.17) is 11.6 Å². The van der Waals surface area contributed by atoms with Crippen LogP contribution in [0.2, 0.25) is 5.15 Å². The van der Waals surface area contributed by atoms with Gasteiger partial charge in [-0.25, -0.2) is 9.97 Å². The van der Waals surface area contributed by atoms with Gasteiger partial charge in [0.15, 0.2) is 5.16 Å². The lowest BCUT2D eigenvalue weighted by atomic mass is 10.4. The first-order chi connectivity index (χ1) is 5.27. The third-order valence-electron chi connectivity index (χ3n) is 1.12. The van der Waals surface area contributed by atoms with Crippen molar-refractivity contribution in [3.8, 4) is 0 Å². The minimum Gasteiger partial charge on any atom is -0.231 e. The van der Waals surface area contributed by atoms with E-state index >= 15 is 0 Å². The Morgan fingerprint density at radius 1 is 1.73 bits per heavy atom. The predicted octanol–water partition coefficient (Wildman–Crippen LogP) is 2.75. The van der Waals surface area contributed by atoms with Gasteiger partial charge in [0.05, 0.1) is 0 Å². The van der Waals surface area contributed by atoms with Gasteiger partial charge in [0.2, 0.25) is 0 Å². The van der Waals surface area contributed by atoms with Crippen LogP contribution in [0.3, 0.4) is 0 Å². The molecule has 1 rings (SSSR count). The summed E-state index contributed by atoms with van der Waals surface area (Å²) in [6, 6.07) is 0. The number of rotatable bonds is 2. The summed E-state index contributed by atoms with van der Waals surface area (Å²) < 4.78 is 0. The molecular weight excluding hydrogens is 248 g/mol. The lowest BCUT2D eigenvalue weighted by molar-refractivity contribution is 0.951. The fraction of sp³-hybridized carbons (Fsp3) is 0.333. The van der Waals surface area contributed by atoms with Crippen LogP contribution < -0.4 is 0 Å². The van der Waals surface area contributed by atoms with Crippen LogP contribution in [0, 0.1) is 0 Å². The van der Waals surface area contributed by atoms with Crippen LogP contribution in [0.15, 0.2) is 11.4 Å². The molecule has 0 bridgehead atoms. The number of nitrogens with zero attached hydrogens (tertiary/aromatic N) is 2. The van der Waals surface area contributed by atoms with Crippen LogP contribution in [0.4, 0.5) is 0 Å². The Kier molecular flexibility index (Phi) is 3.62. The lowest BCUT2D eigenvalue weighted by Crippen LogP contribution is -1.90. The van der Waals surface area contributed by atoms with E-state index in [1.54, 1.807) is 6.20 Å². The van der Waals surface area contributed by atoms with Gasteiger partial charge in [-0.15, -0.1) is 0 Å². The fourth-order valence-electron chi connectivity index (χ4n) is 0.559. The summed E-state index contributed by atoms with van der Waals surface area (Å²) in [6.07, 6.45) is 3.65. The number of alkyl halides is 1. The summed E-state index contributed by atoms with van der Waals surface area (Å²) in [7, 11) is 0. The highest BCUT2D eigenvalue weighted by Gasteiger charge is 2.01. The molecule has 1 aromatic heterocycles. The van der Waals surface area contributed by atoms with E-state index in [0.29, 0.717) is 15.6 Å². The Bertz CT molecular complexity index is 256. The molecule has 0 aliphatic carbocycles. The molecule has 5 heteroatoms. The van der Waals surface area contributed by atoms with Crippen molar-refractivity contribution in [2.24, 2.45) is 0 Å². The highest BCUT2D eigenvalue weighted by molar-refractivity contribution is 9.08. The molecule has 60 valence electrons. The number of thioether (sulfide) groups is 1. The molecule has 0 unspecified atom stereocenters. The van der Waals surface area contributed by atoms with E-state index in [-0.39, 0.29) is 0 Å². The van der Waals surface area contributed by atoms with Crippen LogP contribution in [-0.2, 0) is 5.33 Å². The maximum Gasteiger partial charge on any atom is 0.188 e. The first-order valence-corrected chi connectivity index (χ1v) is 5.61. The molecule has 0 spiro atoms. The molecule has 0 radical (unpaired) electrons. The van der Waals surface area contributed by atoms with Gasteiger partial charge in [0.1, 0.15) is 5.15 Å². The monoisotopic (exact) mass is 252 g/mol. The molecule has 0 saturated heterocycles. The highest BCUT2D eigenvalue weighted by atomic mass is 79.9. The summed E-state index contributed by atoms with van der Waals surface area (Å²) in [5.41, 5.74) is 0.921. The average molecular weight is 254 g/mol. The van der Waals surface area contributed by atoms with Gasteiger partial charge in [0.25, 0.3) is 0 Å². The van der Waals surface area contributed by atoms with Crippen molar-refractivity contribution in [3.05, 3.63) is 16.9 Å². The zero-order chi connectivity index (χ0) is 8.27. The number of hydrogen-bond acceptors (Lipinski definition) is 3. The minimum atomic E-state index is 0.529. The Balaban J connectivity index is 2.99. The van der Waals surface area contributed by atoms with Crippen molar-refractivity contribution in [2.75, 3.05) is 6.26 Å². The number of halogens is 2. The van der Waals surface area contributed by atoms with Gasteiger partial charge in [0, 0.05) is 17.1 Å². The highest BCUT2D eigenvalue weighted by Crippen LogP contribution is 2.18. The zero-order valence-electron chi connectivity index (χ0n) is 5.84. The largest absolute Gasteiger partial charge is 0.231 e. The molecule has 1 aromatic rings. The quantitative estimate of drug-likeness (QED) is 0.351. The second-order valence-corrected chi connectivity index (χ2v) is 3.50. The van der Waals surface area contributed by atoms with Crippen molar-refractivity contribution in [1.82, 2.24) is 9.97 Å². The molecule has 0 atom stereocenters. The normalized spacial score (nSPS) is 10.1. The molecule has 0 fully saturated rings. The lowest BCUT2D eigenvalue weighted by Gasteiger charge is -1.98. The Hall–Kier alpha value is 0.200. The summed E-state index contributed by atoms with van der Waals surface area (Å²) in [5.74, 6) is 0. The molecule has 0 aromatic carbocycles. The van der Waals surface area contributed by atoms with Crippen LogP contribution in [0.1, 0.15) is 5.56 Å². The Labute approximate surface area is 82.9 Å². The second-order valence-electron chi connectivity index (χ2n) is 1.81. The Morgan fingerprint density at radius 2 is 2.45 bits per heavy atom. The van der Waals surface area contributed by atoms with E-state index in [9.17, 15) is 0 Å². The fourth-order valence-corrected chi connectivity index (χ4v) is 1.72. The summed E-state index contributed by atoms with van der Waals surface area (Å²) >= 11 is 10.6. The van der Waals surface area contributed by atoms with E-state index in [1.165, 1.54) is 11.8 Å². The zero-order valence-corrected chi connectivity index (χ0v) is 9.00. The summed E-state index contributed by atoms with van der Waals surface area (Å²) in [5, 5.41) is 1.93. The van der Waals surface area contributed by atoms with E-state index in [0.717, 1.165) is 5.56 Å². The van der Waals surface area contributed by atoms with Crippen LogP contribution in [-0.4, -0.2) is 16.2 Å². The van der Waals surface area contributed by atoms with Gasteiger partial charge >= 0.3 is 0 Å². The van der Waals surface area contributed by atoms with Crippen LogP contribution in [0.5, 0.6) is 0 Å². The SMILES string of the molecule is CSc1ncc(CBr)c(Cl)n1. The molecule has 0 aliphatic rings. The molecular formula is C6H6BrClN2S. The van der Waals surface area contributed by atoms with E-state index in [2.05, 4.69) is 25.9 Å². The van der Waals surface area contributed by atoms with Crippen LogP contribution in [0.25, 0.3) is 0 Å². The maximum atomic E-state index is 5.81. The maximum absolute atomic E-state index is 5.81. The van der Waals surface area contributed by atoms with Crippen LogP contribution >= 0.6 is 39.3 Å². The molecule has 0 saturated carbocycles. The minimum absolute atomic E-state index is 0.529. The molecule has 11 heavy (non-hydrogen) atoms. The van der Waals surface area contributed by atoms with Crippen molar-refractivity contribution < 1.29 is 0 Å². The molecule has 0 amide bonds. The standard InChI is InChI=1S/C6H6BrClN2S/c1-11-6-9-3-4(2-7)5(8)10-6/h3H,2H2,1H3. The van der Waals surface area contributed by atoms with Gasteiger partial charge in [-0.2, -0.15) is 0 Å². The van der Waals surface area contributed by atoms with Crippen molar-refractivity contribution in [3.63, 3.8) is 0 Å². The topological polar surface area (TPSA) is 25.8 Å². The number of aromatic nitrogens is 2. The molecule has 0 aliphatic heterocycles. The van der Waals surface area contributed by atoms with E-state index in [1.807, 2.05) is 6.26 Å². The van der Waals surface area contributed by atoms with Gasteiger partial charge < -0.3 is 0 Å². The predicted molar refractivity (Wildman–Crippen MR) is 51.5 cm³/mol. The third kappa shape index (κ3) is 2.32. The van der Waals surface area contributed by atoms with Crippen molar-refractivity contribution >= 4 is 39.3 Å². The molecule has 2 nitrogen and oxygen atoms in total. The smallest absolute Gasteiger partial charge is 0.188 e. The summed E-state index contributed by atoms with van der Waals surface area (Å²) in [6.45, 7) is 0. The average Bonchev–Trinajstić information content (AvgIpc) is 2.04. The van der Waals surface area contributed by atoms with Gasteiger partial charge in [-0.05, 0) is 6.26 Å². The third-order valence-corrected chi connectivity index (χ3v) is 2.61. The molecule has 0 N–H and O–H groups in total. The number of hydrogen-bond donors (Lipinski definition) is 0. The van der Waals surface area contributed by atoms with Gasteiger partial charge in [-0.3, -0.25) is 0 Å².